The number of halogens is 1. The van der Waals surface area contributed by atoms with Crippen molar-refractivity contribution in [2.75, 3.05) is 44.6 Å². The van der Waals surface area contributed by atoms with Gasteiger partial charge in [0, 0.05) is 40.7 Å². The molecule has 0 saturated carbocycles. The Balaban J connectivity index is 1.91. The van der Waals surface area contributed by atoms with Crippen LogP contribution < -0.4 is 10.2 Å². The van der Waals surface area contributed by atoms with E-state index in [4.69, 9.17) is 4.74 Å². The number of ether oxygens (including phenoxy) is 1. The topological polar surface area (TPSA) is 81.0 Å². The van der Waals surface area contributed by atoms with Gasteiger partial charge in [0.25, 0.3) is 0 Å². The molecular weight excluding hydrogens is 289 g/mol. The first kappa shape index (κ1) is 16.1. The fourth-order valence-corrected chi connectivity index (χ4v) is 1.89. The van der Waals surface area contributed by atoms with E-state index in [2.05, 4.69) is 25.5 Å². The van der Waals surface area contributed by atoms with Gasteiger partial charge in [0.15, 0.2) is 11.6 Å². The molecule has 2 heterocycles. The number of aromatic nitrogens is 5. The van der Waals surface area contributed by atoms with Crippen molar-refractivity contribution in [2.45, 2.75) is 13.0 Å². The average Bonchev–Trinajstić information content (AvgIpc) is 2.94. The van der Waals surface area contributed by atoms with Crippen molar-refractivity contribution in [1.82, 2.24) is 24.7 Å². The van der Waals surface area contributed by atoms with Crippen molar-refractivity contribution in [1.29, 1.82) is 0 Å². The van der Waals surface area contributed by atoms with Crippen LogP contribution in [0.1, 0.15) is 5.82 Å². The molecule has 22 heavy (non-hydrogen) atoms. The van der Waals surface area contributed by atoms with Gasteiger partial charge < -0.3 is 19.5 Å². The summed E-state index contributed by atoms with van der Waals surface area (Å²) in [6.45, 7) is 1.88. The molecule has 0 radical (unpaired) electrons. The molecule has 120 valence electrons. The lowest BCUT2D eigenvalue weighted by molar-refractivity contribution is 0.186. The molecule has 2 aromatic rings. The molecule has 0 unspecified atom stereocenters. The zero-order valence-corrected chi connectivity index (χ0v) is 13.0. The maximum Gasteiger partial charge on any atom is 0.224 e. The van der Waals surface area contributed by atoms with Crippen LogP contribution in [-0.2, 0) is 17.7 Å². The van der Waals surface area contributed by atoms with E-state index in [9.17, 15) is 4.39 Å². The molecule has 0 aliphatic carbocycles. The third-order valence-corrected chi connectivity index (χ3v) is 3.01. The van der Waals surface area contributed by atoms with Crippen molar-refractivity contribution in [2.24, 2.45) is 0 Å². The second kappa shape index (κ2) is 7.64. The van der Waals surface area contributed by atoms with Crippen LogP contribution in [0.3, 0.4) is 0 Å². The van der Waals surface area contributed by atoms with Crippen molar-refractivity contribution in [3.05, 3.63) is 24.2 Å². The summed E-state index contributed by atoms with van der Waals surface area (Å²) >= 11 is 0. The lowest BCUT2D eigenvalue weighted by atomic mass is 10.4. The minimum atomic E-state index is -0.449. The molecule has 9 heteroatoms. The van der Waals surface area contributed by atoms with E-state index < -0.39 is 5.82 Å². The highest BCUT2D eigenvalue weighted by atomic mass is 19.1. The largest absolute Gasteiger partial charge is 0.383 e. The minimum Gasteiger partial charge on any atom is -0.383 e. The molecule has 1 N–H and O–H groups in total. The van der Waals surface area contributed by atoms with Crippen LogP contribution in [0, 0.1) is 5.82 Å². The fraction of sp³-hybridized carbons (Fsp3) is 0.538. The predicted molar refractivity (Wildman–Crippen MR) is 80.4 cm³/mol. The summed E-state index contributed by atoms with van der Waals surface area (Å²) in [5.41, 5.74) is 0. The Morgan fingerprint density at radius 3 is 2.95 bits per heavy atom. The van der Waals surface area contributed by atoms with Crippen LogP contribution >= 0.6 is 0 Å². The van der Waals surface area contributed by atoms with Crippen LogP contribution in [0.5, 0.6) is 0 Å². The zero-order chi connectivity index (χ0) is 15.9. The number of rotatable bonds is 8. The summed E-state index contributed by atoms with van der Waals surface area (Å²) in [7, 11) is 5.11. The van der Waals surface area contributed by atoms with Gasteiger partial charge in [0.05, 0.1) is 12.8 Å². The predicted octanol–water partition coefficient (Wildman–Crippen LogP) is 0.574. The SMILES string of the molecule is COCCn1cnnc1CCNc1ncc(F)c(N(C)C)n1. The van der Waals surface area contributed by atoms with E-state index in [1.54, 1.807) is 32.4 Å². The normalized spacial score (nSPS) is 10.7. The van der Waals surface area contributed by atoms with E-state index in [0.717, 1.165) is 12.0 Å². The number of anilines is 2. The number of hydrogen-bond donors (Lipinski definition) is 1. The number of nitrogens with zero attached hydrogens (tertiary/aromatic N) is 6. The number of methoxy groups -OCH3 is 1. The first-order valence-corrected chi connectivity index (χ1v) is 6.91. The molecule has 8 nitrogen and oxygen atoms in total. The zero-order valence-electron chi connectivity index (χ0n) is 13.0. The standard InChI is InChI=1S/C13H20FN7O/c1-20(2)12-10(14)8-16-13(18-12)15-5-4-11-19-17-9-21(11)6-7-22-3/h8-9H,4-7H2,1-3H3,(H,15,16,18). The highest BCUT2D eigenvalue weighted by Gasteiger charge is 2.09. The lowest BCUT2D eigenvalue weighted by Gasteiger charge is -2.13. The van der Waals surface area contributed by atoms with E-state index >= 15 is 0 Å². The van der Waals surface area contributed by atoms with Crippen molar-refractivity contribution in [3.8, 4) is 0 Å². The smallest absolute Gasteiger partial charge is 0.224 e. The molecule has 0 bridgehead atoms. The third kappa shape index (κ3) is 4.10. The molecule has 0 aliphatic rings. The molecule has 0 atom stereocenters. The lowest BCUT2D eigenvalue weighted by Crippen LogP contribution is -2.16. The van der Waals surface area contributed by atoms with Crippen molar-refractivity contribution >= 4 is 11.8 Å². The van der Waals surface area contributed by atoms with Crippen LogP contribution in [-0.4, -0.2) is 59.1 Å². The summed E-state index contributed by atoms with van der Waals surface area (Å²) in [5.74, 6) is 1.03. The Morgan fingerprint density at radius 2 is 2.23 bits per heavy atom. The highest BCUT2D eigenvalue weighted by molar-refractivity contribution is 5.42. The van der Waals surface area contributed by atoms with Crippen LogP contribution in [0.15, 0.2) is 12.5 Å². The van der Waals surface area contributed by atoms with E-state index in [1.165, 1.54) is 0 Å². The van der Waals surface area contributed by atoms with Gasteiger partial charge >= 0.3 is 0 Å². The van der Waals surface area contributed by atoms with Gasteiger partial charge in [0.2, 0.25) is 5.95 Å². The first-order chi connectivity index (χ1) is 10.6. The first-order valence-electron chi connectivity index (χ1n) is 6.91. The molecule has 0 spiro atoms. The van der Waals surface area contributed by atoms with Gasteiger partial charge in [-0.25, -0.2) is 9.37 Å². The number of nitrogens with one attached hydrogen (secondary N) is 1. The molecule has 0 saturated heterocycles. The van der Waals surface area contributed by atoms with E-state index in [0.29, 0.717) is 32.1 Å². The summed E-state index contributed by atoms with van der Waals surface area (Å²) < 4.78 is 20.5. The Kier molecular flexibility index (Phi) is 5.59. The molecule has 0 amide bonds. The van der Waals surface area contributed by atoms with Gasteiger partial charge in [-0.3, -0.25) is 0 Å². The third-order valence-electron chi connectivity index (χ3n) is 3.01. The molecular formula is C13H20FN7O. The summed E-state index contributed by atoms with van der Waals surface area (Å²) in [4.78, 5) is 9.65. The molecule has 0 aliphatic heterocycles. The summed E-state index contributed by atoms with van der Waals surface area (Å²) in [6.07, 6.45) is 3.49. The van der Waals surface area contributed by atoms with Crippen LogP contribution in [0.2, 0.25) is 0 Å². The maximum atomic E-state index is 13.5. The molecule has 2 aromatic heterocycles. The quantitative estimate of drug-likeness (QED) is 0.763. The second-order valence-electron chi connectivity index (χ2n) is 4.87. The monoisotopic (exact) mass is 309 g/mol. The van der Waals surface area contributed by atoms with Crippen molar-refractivity contribution < 1.29 is 9.13 Å². The fourth-order valence-electron chi connectivity index (χ4n) is 1.89. The Hall–Kier alpha value is -2.29. The summed E-state index contributed by atoms with van der Waals surface area (Å²) in [6, 6.07) is 0. The molecule has 0 fully saturated rings. The number of hydrogen-bond acceptors (Lipinski definition) is 7. The van der Waals surface area contributed by atoms with Crippen LogP contribution in [0.25, 0.3) is 0 Å². The molecule has 2 rings (SSSR count). The Bertz CT molecular complexity index is 602. The van der Waals surface area contributed by atoms with Crippen LogP contribution in [0.4, 0.5) is 16.2 Å². The highest BCUT2D eigenvalue weighted by Crippen LogP contribution is 2.14. The molecule has 0 aromatic carbocycles. The van der Waals surface area contributed by atoms with Gasteiger partial charge in [-0.15, -0.1) is 10.2 Å². The van der Waals surface area contributed by atoms with Gasteiger partial charge in [-0.2, -0.15) is 4.98 Å². The summed E-state index contributed by atoms with van der Waals surface area (Å²) in [5, 5.41) is 11.0. The van der Waals surface area contributed by atoms with E-state index in [1.807, 2.05) is 4.57 Å². The van der Waals surface area contributed by atoms with Gasteiger partial charge in [-0.05, 0) is 0 Å². The van der Waals surface area contributed by atoms with E-state index in [-0.39, 0.29) is 5.82 Å². The Morgan fingerprint density at radius 1 is 1.41 bits per heavy atom. The van der Waals surface area contributed by atoms with Crippen molar-refractivity contribution in [3.63, 3.8) is 0 Å². The second-order valence-corrected chi connectivity index (χ2v) is 4.87. The Labute approximate surface area is 128 Å². The maximum absolute atomic E-state index is 13.5. The minimum absolute atomic E-state index is 0.251. The van der Waals surface area contributed by atoms with Gasteiger partial charge in [-0.1, -0.05) is 0 Å². The van der Waals surface area contributed by atoms with Gasteiger partial charge in [0.1, 0.15) is 12.2 Å². The average molecular weight is 309 g/mol.